The molecule has 9 nitrogen and oxygen atoms in total. The van der Waals surface area contributed by atoms with Crippen LogP contribution in [0.1, 0.15) is 64.7 Å². The van der Waals surface area contributed by atoms with Crippen LogP contribution in [0.4, 0.5) is 4.79 Å². The Morgan fingerprint density at radius 3 is 2.39 bits per heavy atom. The Balaban J connectivity index is 1.46. The standard InChI is InChI=1S/C21H34N4O5S/c1-21(9-10-21)23-31(29,30)15-7-8-17-16(11-15)19(27)25(20(28)24(17)2)12-18(26)13-3-5-14(22)6-4-13/h13-17,23H,3-12,22H2,1-2H3. The third kappa shape index (κ3) is 4.52. The highest BCUT2D eigenvalue weighted by molar-refractivity contribution is 7.90. The third-order valence-electron chi connectivity index (χ3n) is 7.75. The number of hydrogen-bond donors (Lipinski definition) is 2. The molecule has 1 aliphatic heterocycles. The lowest BCUT2D eigenvalue weighted by Crippen LogP contribution is -2.63. The number of Topliss-reactive ketones (excluding diaryl/α,β-unsaturated/α-hetero) is 1. The van der Waals surface area contributed by atoms with Gasteiger partial charge in [0.1, 0.15) is 0 Å². The molecule has 3 amide bonds. The second-order valence-electron chi connectivity index (χ2n) is 10.2. The highest BCUT2D eigenvalue weighted by Crippen LogP contribution is 2.40. The van der Waals surface area contributed by atoms with Gasteiger partial charge >= 0.3 is 6.03 Å². The number of carbonyl (C=O) groups excluding carboxylic acids is 3. The quantitative estimate of drug-likeness (QED) is 0.615. The number of ketones is 1. The number of hydrogen-bond acceptors (Lipinski definition) is 6. The maximum Gasteiger partial charge on any atom is 0.327 e. The zero-order valence-electron chi connectivity index (χ0n) is 18.4. The summed E-state index contributed by atoms with van der Waals surface area (Å²) >= 11 is 0. The van der Waals surface area contributed by atoms with Gasteiger partial charge in [-0.1, -0.05) is 0 Å². The second-order valence-corrected chi connectivity index (χ2v) is 12.2. The van der Waals surface area contributed by atoms with Gasteiger partial charge in [0.05, 0.1) is 17.7 Å². The second kappa shape index (κ2) is 8.12. The molecule has 0 spiro atoms. The zero-order valence-corrected chi connectivity index (χ0v) is 19.2. The predicted octanol–water partition coefficient (Wildman–Crippen LogP) is 0.976. The van der Waals surface area contributed by atoms with Crippen molar-refractivity contribution in [3.05, 3.63) is 0 Å². The monoisotopic (exact) mass is 454 g/mol. The smallest absolute Gasteiger partial charge is 0.327 e. The van der Waals surface area contributed by atoms with Crippen LogP contribution in [0.25, 0.3) is 0 Å². The van der Waals surface area contributed by atoms with E-state index in [1.807, 2.05) is 6.92 Å². The van der Waals surface area contributed by atoms with Gasteiger partial charge < -0.3 is 10.6 Å². The van der Waals surface area contributed by atoms with Crippen molar-refractivity contribution in [2.75, 3.05) is 13.6 Å². The molecule has 1 heterocycles. The lowest BCUT2D eigenvalue weighted by Gasteiger charge is -2.46. The number of nitrogens with zero attached hydrogens (tertiary/aromatic N) is 2. The Bertz CT molecular complexity index is 863. The van der Waals surface area contributed by atoms with Gasteiger partial charge in [0.2, 0.25) is 15.9 Å². The zero-order chi connectivity index (χ0) is 22.6. The Kier molecular flexibility index (Phi) is 5.93. The molecule has 3 N–H and O–H groups in total. The Labute approximate surface area is 184 Å². The van der Waals surface area contributed by atoms with Crippen molar-refractivity contribution in [3.63, 3.8) is 0 Å². The SMILES string of the molecule is CN1C(=O)N(CC(=O)C2CCC(N)CC2)C(=O)C2CC(S(=O)(=O)NC3(C)CC3)CCC21. The van der Waals surface area contributed by atoms with Gasteiger partial charge in [-0.05, 0) is 64.7 Å². The lowest BCUT2D eigenvalue weighted by atomic mass is 9.80. The molecule has 3 atom stereocenters. The number of sulfonamides is 1. The summed E-state index contributed by atoms with van der Waals surface area (Å²) in [5.41, 5.74) is 5.56. The van der Waals surface area contributed by atoms with Crippen LogP contribution in [-0.4, -0.2) is 72.4 Å². The van der Waals surface area contributed by atoms with E-state index >= 15 is 0 Å². The summed E-state index contributed by atoms with van der Waals surface area (Å²) in [5.74, 6) is -1.29. The number of carbonyl (C=O) groups is 3. The van der Waals surface area contributed by atoms with Crippen LogP contribution < -0.4 is 10.5 Å². The number of imide groups is 1. The van der Waals surface area contributed by atoms with Gasteiger partial charge in [-0.15, -0.1) is 0 Å². The lowest BCUT2D eigenvalue weighted by molar-refractivity contribution is -0.143. The number of nitrogens with two attached hydrogens (primary N) is 1. The fourth-order valence-corrected chi connectivity index (χ4v) is 7.31. The molecule has 174 valence electrons. The maximum atomic E-state index is 13.2. The first-order valence-electron chi connectivity index (χ1n) is 11.4. The van der Waals surface area contributed by atoms with Crippen LogP contribution in [0.5, 0.6) is 0 Å². The highest BCUT2D eigenvalue weighted by atomic mass is 32.2. The van der Waals surface area contributed by atoms with Crippen LogP contribution >= 0.6 is 0 Å². The summed E-state index contributed by atoms with van der Waals surface area (Å²) in [6.07, 6.45) is 5.61. The number of urea groups is 1. The van der Waals surface area contributed by atoms with Gasteiger partial charge in [0, 0.05) is 30.6 Å². The molecular weight excluding hydrogens is 420 g/mol. The minimum Gasteiger partial charge on any atom is -0.328 e. The summed E-state index contributed by atoms with van der Waals surface area (Å²) in [4.78, 5) is 41.5. The van der Waals surface area contributed by atoms with Crippen molar-refractivity contribution in [1.29, 1.82) is 0 Å². The van der Waals surface area contributed by atoms with Gasteiger partial charge in [-0.3, -0.25) is 14.5 Å². The number of fused-ring (bicyclic) bond motifs is 1. The first-order chi connectivity index (χ1) is 14.5. The summed E-state index contributed by atoms with van der Waals surface area (Å²) in [6, 6.07) is -0.666. The Morgan fingerprint density at radius 1 is 1.13 bits per heavy atom. The number of amides is 3. The third-order valence-corrected chi connectivity index (χ3v) is 9.83. The molecule has 4 fully saturated rings. The van der Waals surface area contributed by atoms with Crippen molar-refractivity contribution < 1.29 is 22.8 Å². The van der Waals surface area contributed by atoms with Crippen molar-refractivity contribution in [2.24, 2.45) is 17.6 Å². The van der Waals surface area contributed by atoms with Crippen LogP contribution in [0.15, 0.2) is 0 Å². The summed E-state index contributed by atoms with van der Waals surface area (Å²) in [6.45, 7) is 1.65. The molecule has 4 rings (SSSR count). The molecule has 0 aromatic carbocycles. The highest BCUT2D eigenvalue weighted by Gasteiger charge is 2.51. The Hall–Kier alpha value is -1.52. The molecular formula is C21H34N4O5S. The normalized spacial score (nSPS) is 35.6. The van der Waals surface area contributed by atoms with Crippen LogP contribution in [-0.2, 0) is 19.6 Å². The fraction of sp³-hybridized carbons (Fsp3) is 0.857. The Morgan fingerprint density at radius 2 is 1.77 bits per heavy atom. The summed E-state index contributed by atoms with van der Waals surface area (Å²) < 4.78 is 28.6. The van der Waals surface area contributed by atoms with E-state index in [4.69, 9.17) is 5.73 Å². The molecule has 4 aliphatic rings. The molecule has 10 heteroatoms. The van der Waals surface area contributed by atoms with Gasteiger partial charge in [0.25, 0.3) is 0 Å². The number of nitrogens with one attached hydrogen (secondary N) is 1. The number of rotatable bonds is 6. The topological polar surface area (TPSA) is 130 Å². The van der Waals surface area contributed by atoms with E-state index in [2.05, 4.69) is 4.72 Å². The maximum absolute atomic E-state index is 13.2. The minimum absolute atomic E-state index is 0.108. The molecule has 0 aromatic heterocycles. The fourth-order valence-electron chi connectivity index (χ4n) is 5.34. The molecule has 0 aromatic rings. The van der Waals surface area contributed by atoms with Crippen molar-refractivity contribution in [2.45, 2.75) is 87.6 Å². The van der Waals surface area contributed by atoms with E-state index in [1.54, 1.807) is 7.05 Å². The van der Waals surface area contributed by atoms with Crippen LogP contribution in [0.3, 0.4) is 0 Å². The van der Waals surface area contributed by atoms with E-state index in [-0.39, 0.29) is 42.3 Å². The average molecular weight is 455 g/mol. The van der Waals surface area contributed by atoms with Crippen LogP contribution in [0, 0.1) is 11.8 Å². The van der Waals surface area contributed by atoms with Gasteiger partial charge in [0.15, 0.2) is 5.78 Å². The molecule has 1 saturated heterocycles. The molecule has 3 unspecified atom stereocenters. The largest absolute Gasteiger partial charge is 0.328 e. The first-order valence-corrected chi connectivity index (χ1v) is 12.9. The van der Waals surface area contributed by atoms with Crippen molar-refractivity contribution in [1.82, 2.24) is 14.5 Å². The summed E-state index contributed by atoms with van der Waals surface area (Å²) in [7, 11) is -1.91. The van der Waals surface area contributed by atoms with E-state index < -0.39 is 33.1 Å². The molecule has 31 heavy (non-hydrogen) atoms. The summed E-state index contributed by atoms with van der Waals surface area (Å²) in [5, 5.41) is -0.658. The molecule has 0 bridgehead atoms. The van der Waals surface area contributed by atoms with Crippen LogP contribution in [0.2, 0.25) is 0 Å². The first kappa shape index (κ1) is 22.7. The van der Waals surface area contributed by atoms with Crippen molar-refractivity contribution >= 4 is 27.7 Å². The van der Waals surface area contributed by atoms with Gasteiger partial charge in [-0.2, -0.15) is 0 Å². The minimum atomic E-state index is -3.55. The average Bonchev–Trinajstić information content (AvgIpc) is 3.45. The van der Waals surface area contributed by atoms with E-state index in [0.29, 0.717) is 25.7 Å². The molecule has 0 radical (unpaired) electrons. The van der Waals surface area contributed by atoms with Gasteiger partial charge in [-0.25, -0.2) is 17.9 Å². The molecule has 3 aliphatic carbocycles. The van der Waals surface area contributed by atoms with E-state index in [1.165, 1.54) is 4.90 Å². The predicted molar refractivity (Wildman–Crippen MR) is 114 cm³/mol. The molecule has 3 saturated carbocycles. The van der Waals surface area contributed by atoms with E-state index in [9.17, 15) is 22.8 Å². The van der Waals surface area contributed by atoms with Crippen molar-refractivity contribution in [3.8, 4) is 0 Å². The van der Waals surface area contributed by atoms with E-state index in [0.717, 1.165) is 30.6 Å².